The van der Waals surface area contributed by atoms with Crippen LogP contribution in [0.1, 0.15) is 11.1 Å². The maximum absolute atomic E-state index is 10.9. The zero-order valence-corrected chi connectivity index (χ0v) is 14.4. The maximum Gasteiger partial charge on any atom is 0.357 e. The van der Waals surface area contributed by atoms with E-state index in [9.17, 15) is 4.79 Å². The predicted octanol–water partition coefficient (Wildman–Crippen LogP) is 1.03. The van der Waals surface area contributed by atoms with E-state index in [4.69, 9.17) is 21.4 Å². The summed E-state index contributed by atoms with van der Waals surface area (Å²) < 4.78 is 7.13. The average molecular weight is 363 g/mol. The van der Waals surface area contributed by atoms with E-state index in [0.717, 1.165) is 22.0 Å². The molecule has 8 nitrogen and oxygen atoms in total. The van der Waals surface area contributed by atoms with Crippen LogP contribution in [0.15, 0.2) is 60.2 Å². The number of hydrogen-bond donors (Lipinski definition) is 4. The standard InChI is InChI=1S/C19H17N5O3/c1-24-17-13(3-2-4-14(17)11-22-24)8-5-12-6-9-15(10-7-12)27-18(23-21)16(20)19(25)26/h2-4,6-7,9-11,23H,20-21H2,1H3,(H,25,26)/b18-16+. The lowest BCUT2D eigenvalue weighted by Crippen LogP contribution is -2.31. The van der Waals surface area contributed by atoms with Crippen LogP contribution < -0.4 is 21.7 Å². The molecule has 8 heteroatoms. The van der Waals surface area contributed by atoms with E-state index in [0.29, 0.717) is 5.75 Å². The van der Waals surface area contributed by atoms with E-state index in [1.165, 1.54) is 0 Å². The van der Waals surface area contributed by atoms with E-state index in [-0.39, 0.29) is 5.88 Å². The van der Waals surface area contributed by atoms with Crippen LogP contribution in [0.2, 0.25) is 0 Å². The summed E-state index contributed by atoms with van der Waals surface area (Å²) in [7, 11) is 1.87. The minimum atomic E-state index is -1.34. The summed E-state index contributed by atoms with van der Waals surface area (Å²) in [6.45, 7) is 0. The topological polar surface area (TPSA) is 128 Å². The predicted molar refractivity (Wildman–Crippen MR) is 99.9 cm³/mol. The van der Waals surface area contributed by atoms with E-state index in [1.54, 1.807) is 35.1 Å². The Hall–Kier alpha value is -3.96. The van der Waals surface area contributed by atoms with Gasteiger partial charge in [-0.25, -0.2) is 10.6 Å². The lowest BCUT2D eigenvalue weighted by molar-refractivity contribution is -0.132. The highest BCUT2D eigenvalue weighted by atomic mass is 16.5. The van der Waals surface area contributed by atoms with Crippen molar-refractivity contribution in [3.05, 3.63) is 71.4 Å². The molecule has 0 saturated heterocycles. The number of aliphatic carboxylic acids is 1. The summed E-state index contributed by atoms with van der Waals surface area (Å²) in [6.07, 6.45) is 1.80. The molecular weight excluding hydrogens is 346 g/mol. The first-order chi connectivity index (χ1) is 13.0. The van der Waals surface area contributed by atoms with Gasteiger partial charge in [-0.1, -0.05) is 24.0 Å². The zero-order valence-electron chi connectivity index (χ0n) is 14.4. The Labute approximate surface area is 155 Å². The first-order valence-electron chi connectivity index (χ1n) is 7.90. The highest BCUT2D eigenvalue weighted by Gasteiger charge is 2.12. The highest BCUT2D eigenvalue weighted by molar-refractivity contribution is 5.86. The number of para-hydroxylation sites is 1. The van der Waals surface area contributed by atoms with Gasteiger partial charge in [0.15, 0.2) is 5.70 Å². The number of nitrogens with one attached hydrogen (secondary N) is 1. The number of rotatable bonds is 4. The summed E-state index contributed by atoms with van der Waals surface area (Å²) in [4.78, 5) is 10.9. The zero-order chi connectivity index (χ0) is 19.4. The first kappa shape index (κ1) is 17.8. The van der Waals surface area contributed by atoms with Crippen molar-refractivity contribution in [2.75, 3.05) is 0 Å². The molecule has 27 heavy (non-hydrogen) atoms. The van der Waals surface area contributed by atoms with Crippen LogP contribution in [-0.2, 0) is 11.8 Å². The number of aryl methyl sites for hydroxylation is 1. The molecule has 6 N–H and O–H groups in total. The molecule has 0 spiro atoms. The molecule has 136 valence electrons. The average Bonchev–Trinajstić information content (AvgIpc) is 3.06. The number of nitrogens with two attached hydrogens (primary N) is 2. The van der Waals surface area contributed by atoms with Gasteiger partial charge in [-0.2, -0.15) is 5.10 Å². The van der Waals surface area contributed by atoms with E-state index in [1.807, 2.05) is 25.2 Å². The maximum atomic E-state index is 10.9. The largest absolute Gasteiger partial charge is 0.476 e. The summed E-state index contributed by atoms with van der Waals surface area (Å²) in [5, 5.41) is 14.2. The lowest BCUT2D eigenvalue weighted by atomic mass is 10.1. The van der Waals surface area contributed by atoms with Gasteiger partial charge >= 0.3 is 5.97 Å². The fraction of sp³-hybridized carbons (Fsp3) is 0.0526. The molecule has 1 aromatic heterocycles. The number of nitrogens with zero attached hydrogens (tertiary/aromatic N) is 2. The Bertz CT molecular complexity index is 1090. The Balaban J connectivity index is 1.83. The third-order valence-corrected chi connectivity index (χ3v) is 3.78. The van der Waals surface area contributed by atoms with Gasteiger partial charge in [-0.05, 0) is 30.3 Å². The number of benzene rings is 2. The van der Waals surface area contributed by atoms with Crippen LogP contribution in [0.25, 0.3) is 10.9 Å². The molecule has 0 bridgehead atoms. The van der Waals surface area contributed by atoms with Crippen LogP contribution >= 0.6 is 0 Å². The Kier molecular flexibility index (Phi) is 4.97. The fourth-order valence-corrected chi connectivity index (χ4v) is 2.46. The number of carboxylic acids is 1. The van der Waals surface area contributed by atoms with Crippen LogP contribution in [0.5, 0.6) is 5.75 Å². The van der Waals surface area contributed by atoms with Crippen molar-refractivity contribution in [2.45, 2.75) is 0 Å². The molecule has 0 saturated carbocycles. The molecule has 0 atom stereocenters. The summed E-state index contributed by atoms with van der Waals surface area (Å²) in [5.74, 6) is 10.3. The van der Waals surface area contributed by atoms with Gasteiger partial charge < -0.3 is 15.6 Å². The van der Waals surface area contributed by atoms with Gasteiger partial charge in [-0.3, -0.25) is 10.1 Å². The Morgan fingerprint density at radius 3 is 2.63 bits per heavy atom. The van der Waals surface area contributed by atoms with Gasteiger partial charge in [0.2, 0.25) is 5.88 Å². The third-order valence-electron chi connectivity index (χ3n) is 3.78. The molecule has 0 fully saturated rings. The van der Waals surface area contributed by atoms with Crippen LogP contribution in [0.3, 0.4) is 0 Å². The molecule has 3 aromatic rings. The molecule has 0 aliphatic carbocycles. The van der Waals surface area contributed by atoms with Crippen molar-refractivity contribution in [3.8, 4) is 17.6 Å². The number of ether oxygens (including phenoxy) is 1. The van der Waals surface area contributed by atoms with E-state index in [2.05, 4.69) is 22.4 Å². The van der Waals surface area contributed by atoms with Crippen molar-refractivity contribution in [1.82, 2.24) is 15.2 Å². The molecule has 0 aliphatic rings. The first-order valence-corrected chi connectivity index (χ1v) is 7.90. The van der Waals surface area contributed by atoms with Crippen LogP contribution in [0, 0.1) is 11.8 Å². The van der Waals surface area contributed by atoms with Crippen molar-refractivity contribution < 1.29 is 14.6 Å². The van der Waals surface area contributed by atoms with Crippen LogP contribution in [0.4, 0.5) is 0 Å². The molecule has 2 aromatic carbocycles. The second-order valence-electron chi connectivity index (χ2n) is 5.58. The molecule has 1 heterocycles. The van der Waals surface area contributed by atoms with E-state index < -0.39 is 11.7 Å². The smallest absolute Gasteiger partial charge is 0.357 e. The Morgan fingerprint density at radius 1 is 1.22 bits per heavy atom. The van der Waals surface area contributed by atoms with Gasteiger partial charge in [0.1, 0.15) is 5.75 Å². The number of aromatic nitrogens is 2. The lowest BCUT2D eigenvalue weighted by Gasteiger charge is -2.10. The minimum absolute atomic E-state index is 0.246. The molecule has 0 radical (unpaired) electrons. The number of carbonyl (C=O) groups is 1. The van der Waals surface area contributed by atoms with Crippen molar-refractivity contribution in [1.29, 1.82) is 0 Å². The third kappa shape index (κ3) is 3.84. The van der Waals surface area contributed by atoms with Gasteiger partial charge in [0, 0.05) is 18.0 Å². The number of hydrazine groups is 1. The van der Waals surface area contributed by atoms with Gasteiger partial charge in [0.25, 0.3) is 0 Å². The monoisotopic (exact) mass is 363 g/mol. The molecule has 0 unspecified atom stereocenters. The Morgan fingerprint density at radius 2 is 1.96 bits per heavy atom. The van der Waals surface area contributed by atoms with E-state index >= 15 is 0 Å². The van der Waals surface area contributed by atoms with Crippen molar-refractivity contribution >= 4 is 16.9 Å². The minimum Gasteiger partial charge on any atom is -0.476 e. The molecule has 0 amide bonds. The quantitative estimate of drug-likeness (QED) is 0.179. The van der Waals surface area contributed by atoms with Crippen molar-refractivity contribution in [3.63, 3.8) is 0 Å². The highest BCUT2D eigenvalue weighted by Crippen LogP contribution is 2.18. The molecular formula is C19H17N5O3. The van der Waals surface area contributed by atoms with Crippen molar-refractivity contribution in [2.24, 2.45) is 18.6 Å². The summed E-state index contributed by atoms with van der Waals surface area (Å²) in [6, 6.07) is 12.6. The summed E-state index contributed by atoms with van der Waals surface area (Å²) in [5.41, 5.74) is 9.61. The summed E-state index contributed by atoms with van der Waals surface area (Å²) >= 11 is 0. The number of fused-ring (bicyclic) bond motifs is 1. The number of carboxylic acid groups (broad SMARTS) is 1. The second kappa shape index (κ2) is 7.51. The SMILES string of the molecule is Cn1ncc2cccc(C#Cc3ccc(O/C(NN)=C(/N)C(=O)O)cc3)c21. The molecule has 0 aliphatic heterocycles. The number of hydrogen-bond acceptors (Lipinski definition) is 6. The second-order valence-corrected chi connectivity index (χ2v) is 5.58. The van der Waals surface area contributed by atoms with Gasteiger partial charge in [0.05, 0.1) is 17.3 Å². The molecule has 3 rings (SSSR count). The normalized spacial score (nSPS) is 11.3. The fourth-order valence-electron chi connectivity index (χ4n) is 2.46. The van der Waals surface area contributed by atoms with Gasteiger partial charge in [-0.15, -0.1) is 0 Å². The van der Waals surface area contributed by atoms with Crippen LogP contribution in [-0.4, -0.2) is 20.9 Å².